The summed E-state index contributed by atoms with van der Waals surface area (Å²) in [5, 5.41) is 0.487. The normalized spacial score (nSPS) is 14.8. The van der Waals surface area contributed by atoms with Crippen molar-refractivity contribution >= 4 is 73.5 Å². The number of ether oxygens (including phenoxy) is 2. The lowest BCUT2D eigenvalue weighted by Gasteiger charge is -2.15. The minimum absolute atomic E-state index is 0.0663. The molecule has 168 valence electrons. The number of thiocarbonyl (C=S) groups is 1. The van der Waals surface area contributed by atoms with Gasteiger partial charge in [-0.2, -0.15) is 0 Å². The molecule has 1 fully saturated rings. The van der Waals surface area contributed by atoms with Gasteiger partial charge in [0.2, 0.25) is 0 Å². The molecule has 1 amide bonds. The highest BCUT2D eigenvalue weighted by atomic mass is 79.9. The summed E-state index contributed by atoms with van der Waals surface area (Å²) in [6.07, 6.45) is 1.74. The maximum atomic E-state index is 13.9. The minimum Gasteiger partial charge on any atom is -0.493 e. The maximum Gasteiger partial charge on any atom is 0.270 e. The molecule has 4 nitrogen and oxygen atoms in total. The smallest absolute Gasteiger partial charge is 0.270 e. The van der Waals surface area contributed by atoms with Crippen molar-refractivity contribution < 1.29 is 18.7 Å². The molecule has 0 aliphatic carbocycles. The number of hydrogen-bond donors (Lipinski definition) is 0. The third-order valence-corrected chi connectivity index (χ3v) is 7.32. The summed E-state index contributed by atoms with van der Waals surface area (Å²) in [5.74, 6) is 0.370. The number of anilines is 1. The number of methoxy groups -OCH3 is 1. The third kappa shape index (κ3) is 5.24. The molecule has 0 N–H and O–H groups in total. The van der Waals surface area contributed by atoms with E-state index in [4.69, 9.17) is 33.3 Å². The van der Waals surface area contributed by atoms with E-state index in [1.165, 1.54) is 29.8 Å². The highest BCUT2D eigenvalue weighted by Crippen LogP contribution is 2.39. The average molecular weight is 565 g/mol. The van der Waals surface area contributed by atoms with Crippen LogP contribution in [0, 0.1) is 5.82 Å². The molecule has 33 heavy (non-hydrogen) atoms. The fourth-order valence-electron chi connectivity index (χ4n) is 3.13. The lowest BCUT2D eigenvalue weighted by molar-refractivity contribution is -0.113. The monoisotopic (exact) mass is 563 g/mol. The summed E-state index contributed by atoms with van der Waals surface area (Å²) in [4.78, 5) is 15.0. The van der Waals surface area contributed by atoms with Crippen molar-refractivity contribution in [2.75, 3.05) is 12.0 Å². The van der Waals surface area contributed by atoms with Gasteiger partial charge in [0.1, 0.15) is 12.4 Å². The Morgan fingerprint density at radius 1 is 1.15 bits per heavy atom. The lowest BCUT2D eigenvalue weighted by atomic mass is 10.1. The van der Waals surface area contributed by atoms with E-state index >= 15 is 0 Å². The molecule has 0 saturated carbocycles. The molecule has 0 bridgehead atoms. The molecule has 1 aliphatic heterocycles. The predicted molar refractivity (Wildman–Crippen MR) is 139 cm³/mol. The maximum absolute atomic E-state index is 13.9. The zero-order valence-electron chi connectivity index (χ0n) is 17.2. The van der Waals surface area contributed by atoms with E-state index in [0.717, 1.165) is 10.0 Å². The third-order valence-electron chi connectivity index (χ3n) is 4.78. The number of benzene rings is 3. The molecule has 0 spiro atoms. The van der Waals surface area contributed by atoms with Crippen LogP contribution in [0.3, 0.4) is 0 Å². The summed E-state index contributed by atoms with van der Waals surface area (Å²) < 4.78 is 26.2. The van der Waals surface area contributed by atoms with E-state index in [2.05, 4.69) is 15.9 Å². The number of thioether (sulfide) groups is 1. The first-order valence-electron chi connectivity index (χ1n) is 9.64. The average Bonchev–Trinajstić information content (AvgIpc) is 3.08. The van der Waals surface area contributed by atoms with Crippen molar-refractivity contribution in [3.8, 4) is 11.5 Å². The van der Waals surface area contributed by atoms with Crippen LogP contribution in [0.5, 0.6) is 11.5 Å². The highest BCUT2D eigenvalue weighted by Gasteiger charge is 2.33. The number of carbonyl (C=O) groups excluding carboxylic acids is 1. The molecule has 3 aromatic rings. The number of carbonyl (C=O) groups is 1. The van der Waals surface area contributed by atoms with Crippen LogP contribution >= 0.6 is 51.5 Å². The van der Waals surface area contributed by atoms with Gasteiger partial charge in [0.25, 0.3) is 5.91 Å². The van der Waals surface area contributed by atoms with E-state index in [-0.39, 0.29) is 18.3 Å². The van der Waals surface area contributed by atoms with Crippen molar-refractivity contribution in [1.82, 2.24) is 0 Å². The predicted octanol–water partition coefficient (Wildman–Crippen LogP) is 7.24. The van der Waals surface area contributed by atoms with Crippen LogP contribution in [0.2, 0.25) is 5.02 Å². The standard InChI is InChI=1S/C24H16BrClFNO3S2/c1-30-21-10-14(6-9-20(21)31-13-15-4-2-3-5-19(15)27)11-22-23(29)28(24(32)33-22)16-7-8-17(25)18(26)12-16/h2-12H,13H2,1H3/b22-11+. The van der Waals surface area contributed by atoms with Crippen LogP contribution in [-0.2, 0) is 11.4 Å². The van der Waals surface area contributed by atoms with Gasteiger partial charge in [-0.25, -0.2) is 4.39 Å². The Morgan fingerprint density at radius 2 is 1.94 bits per heavy atom. The molecule has 4 rings (SSSR count). The molecular formula is C24H16BrClFNO3S2. The molecule has 1 saturated heterocycles. The largest absolute Gasteiger partial charge is 0.493 e. The number of halogens is 3. The van der Waals surface area contributed by atoms with Crippen molar-refractivity contribution in [3.05, 3.63) is 92.0 Å². The van der Waals surface area contributed by atoms with Crippen LogP contribution in [0.4, 0.5) is 10.1 Å². The van der Waals surface area contributed by atoms with Crippen LogP contribution < -0.4 is 14.4 Å². The molecule has 0 aromatic heterocycles. The number of rotatable bonds is 6. The summed E-state index contributed by atoms with van der Waals surface area (Å²) in [7, 11) is 1.52. The molecular weight excluding hydrogens is 549 g/mol. The van der Waals surface area contributed by atoms with Gasteiger partial charge >= 0.3 is 0 Å². The Morgan fingerprint density at radius 3 is 2.67 bits per heavy atom. The number of hydrogen-bond acceptors (Lipinski definition) is 5. The summed E-state index contributed by atoms with van der Waals surface area (Å²) in [5.41, 5.74) is 1.78. The Hall–Kier alpha value is -2.39. The van der Waals surface area contributed by atoms with Crippen LogP contribution in [-0.4, -0.2) is 17.3 Å². The second kappa shape index (κ2) is 10.3. The van der Waals surface area contributed by atoms with Gasteiger partial charge in [-0.1, -0.05) is 59.8 Å². The van der Waals surface area contributed by atoms with E-state index < -0.39 is 0 Å². The summed E-state index contributed by atoms with van der Waals surface area (Å²) in [6, 6.07) is 16.9. The van der Waals surface area contributed by atoms with E-state index in [1.54, 1.807) is 60.7 Å². The second-order valence-electron chi connectivity index (χ2n) is 6.91. The molecule has 1 aliphatic rings. The molecule has 0 unspecified atom stereocenters. The van der Waals surface area contributed by atoms with Gasteiger partial charge < -0.3 is 9.47 Å². The first-order valence-corrected chi connectivity index (χ1v) is 12.0. The van der Waals surface area contributed by atoms with Crippen molar-refractivity contribution in [1.29, 1.82) is 0 Å². The zero-order valence-corrected chi connectivity index (χ0v) is 21.2. The van der Waals surface area contributed by atoms with Gasteiger partial charge in [-0.05, 0) is 64.0 Å². The van der Waals surface area contributed by atoms with Gasteiger partial charge in [0.05, 0.1) is 22.7 Å². The fraction of sp³-hybridized carbons (Fsp3) is 0.0833. The van der Waals surface area contributed by atoms with E-state index in [0.29, 0.717) is 37.0 Å². The van der Waals surface area contributed by atoms with Crippen LogP contribution in [0.15, 0.2) is 70.0 Å². The lowest BCUT2D eigenvalue weighted by Crippen LogP contribution is -2.27. The highest BCUT2D eigenvalue weighted by molar-refractivity contribution is 9.10. The Labute approximate surface area is 213 Å². The quantitative estimate of drug-likeness (QED) is 0.233. The van der Waals surface area contributed by atoms with Gasteiger partial charge in [-0.15, -0.1) is 0 Å². The van der Waals surface area contributed by atoms with Crippen molar-refractivity contribution in [3.63, 3.8) is 0 Å². The second-order valence-corrected chi connectivity index (χ2v) is 9.84. The summed E-state index contributed by atoms with van der Waals surface area (Å²) in [6.45, 7) is 0.0663. The Balaban J connectivity index is 1.55. The molecule has 0 radical (unpaired) electrons. The molecule has 0 atom stereocenters. The number of nitrogens with zero attached hydrogens (tertiary/aromatic N) is 1. The van der Waals surface area contributed by atoms with Gasteiger partial charge in [-0.3, -0.25) is 9.69 Å². The first-order chi connectivity index (χ1) is 15.9. The van der Waals surface area contributed by atoms with E-state index in [9.17, 15) is 9.18 Å². The first kappa shape index (κ1) is 23.8. The molecule has 3 aromatic carbocycles. The number of amides is 1. The summed E-state index contributed by atoms with van der Waals surface area (Å²) >= 11 is 16.2. The van der Waals surface area contributed by atoms with Crippen molar-refractivity contribution in [2.45, 2.75) is 6.61 Å². The SMILES string of the molecule is COc1cc(/C=C2/SC(=S)N(c3ccc(Br)c(Cl)c3)C2=O)ccc1OCc1ccccc1F. The van der Waals surface area contributed by atoms with Crippen molar-refractivity contribution in [2.24, 2.45) is 0 Å². The molecule has 9 heteroatoms. The van der Waals surface area contributed by atoms with Gasteiger partial charge in [0, 0.05) is 10.0 Å². The van der Waals surface area contributed by atoms with E-state index in [1.807, 2.05) is 0 Å². The zero-order chi connectivity index (χ0) is 23.5. The van der Waals surface area contributed by atoms with Crippen LogP contribution in [0.25, 0.3) is 6.08 Å². The molecule has 1 heterocycles. The fourth-order valence-corrected chi connectivity index (χ4v) is 4.85. The van der Waals surface area contributed by atoms with Crippen LogP contribution in [0.1, 0.15) is 11.1 Å². The minimum atomic E-state index is -0.331. The Bertz CT molecular complexity index is 1280. The Kier molecular flexibility index (Phi) is 7.38. The van der Waals surface area contributed by atoms with Gasteiger partial charge in [0.15, 0.2) is 15.8 Å². The topological polar surface area (TPSA) is 38.8 Å².